The minimum Gasteiger partial charge on any atom is -0.325 e. The number of anilines is 1. The van der Waals surface area contributed by atoms with Gasteiger partial charge in [0.2, 0.25) is 5.91 Å². The highest BCUT2D eigenvalue weighted by Gasteiger charge is 2.04. The van der Waals surface area contributed by atoms with Crippen molar-refractivity contribution in [1.82, 2.24) is 0 Å². The lowest BCUT2D eigenvalue weighted by Gasteiger charge is -2.08. The van der Waals surface area contributed by atoms with Crippen LogP contribution in [-0.4, -0.2) is 17.4 Å². The number of benzene rings is 1. The van der Waals surface area contributed by atoms with Crippen LogP contribution >= 0.6 is 11.8 Å². The summed E-state index contributed by atoms with van der Waals surface area (Å²) in [5.74, 6) is 0.621. The molecule has 0 unspecified atom stereocenters. The third-order valence-corrected chi connectivity index (χ3v) is 2.87. The summed E-state index contributed by atoms with van der Waals surface area (Å²) in [6.07, 6.45) is 0.891. The van der Waals surface area contributed by atoms with Crippen LogP contribution in [0.15, 0.2) is 24.3 Å². The summed E-state index contributed by atoms with van der Waals surface area (Å²) >= 11 is 1.32. The van der Waals surface area contributed by atoms with E-state index in [2.05, 4.69) is 12.2 Å². The molecule has 1 amide bonds. The van der Waals surface area contributed by atoms with Crippen LogP contribution in [0.2, 0.25) is 0 Å². The molecule has 0 fully saturated rings. The number of carbonyl (C=O) groups excluding carboxylic acids is 1. The second-order valence-electron chi connectivity index (χ2n) is 3.21. The molecule has 0 aromatic heterocycles. The van der Waals surface area contributed by atoms with Crippen molar-refractivity contribution in [2.75, 3.05) is 16.8 Å². The van der Waals surface area contributed by atoms with E-state index in [1.165, 1.54) is 11.8 Å². The topological polar surface area (TPSA) is 52.9 Å². The molecule has 0 heterocycles. The van der Waals surface area contributed by atoms with Crippen molar-refractivity contribution in [2.24, 2.45) is 0 Å². The van der Waals surface area contributed by atoms with Crippen molar-refractivity contribution in [3.8, 4) is 6.07 Å². The number of amides is 1. The molecule has 1 N–H and O–H groups in total. The molecule has 0 saturated carbocycles. The standard InChI is InChI=1S/C12H14N2OS/c1-2-10-5-3-4-6-11(10)14-12(15)9-16-8-7-13/h3-6H,2,8-9H2,1H3,(H,14,15). The zero-order chi connectivity index (χ0) is 11.8. The Bertz CT molecular complexity index is 398. The number of rotatable bonds is 5. The van der Waals surface area contributed by atoms with Gasteiger partial charge in [-0.05, 0) is 18.1 Å². The predicted octanol–water partition coefficient (Wildman–Crippen LogP) is 2.44. The highest BCUT2D eigenvalue weighted by atomic mass is 32.2. The minimum atomic E-state index is -0.0545. The van der Waals surface area contributed by atoms with E-state index in [-0.39, 0.29) is 5.91 Å². The van der Waals surface area contributed by atoms with Crippen LogP contribution in [0, 0.1) is 11.3 Å². The first-order valence-corrected chi connectivity index (χ1v) is 6.25. The van der Waals surface area contributed by atoms with E-state index in [4.69, 9.17) is 5.26 Å². The fourth-order valence-electron chi connectivity index (χ4n) is 1.33. The van der Waals surface area contributed by atoms with Crippen molar-refractivity contribution >= 4 is 23.4 Å². The van der Waals surface area contributed by atoms with Gasteiger partial charge in [-0.1, -0.05) is 25.1 Å². The molecule has 1 aromatic carbocycles. The lowest BCUT2D eigenvalue weighted by Crippen LogP contribution is -2.15. The van der Waals surface area contributed by atoms with Gasteiger partial charge in [0.15, 0.2) is 0 Å². The van der Waals surface area contributed by atoms with E-state index < -0.39 is 0 Å². The summed E-state index contributed by atoms with van der Waals surface area (Å²) in [6.45, 7) is 2.05. The zero-order valence-corrected chi connectivity index (χ0v) is 10.0. The molecule has 0 aliphatic rings. The Hall–Kier alpha value is -1.47. The van der Waals surface area contributed by atoms with Gasteiger partial charge in [0.1, 0.15) is 0 Å². The maximum absolute atomic E-state index is 11.5. The summed E-state index contributed by atoms with van der Waals surface area (Å²) < 4.78 is 0. The molecule has 1 rings (SSSR count). The number of thioether (sulfide) groups is 1. The van der Waals surface area contributed by atoms with Gasteiger partial charge >= 0.3 is 0 Å². The molecule has 0 saturated heterocycles. The number of carbonyl (C=O) groups is 1. The van der Waals surface area contributed by atoms with Gasteiger partial charge < -0.3 is 5.32 Å². The lowest BCUT2D eigenvalue weighted by atomic mass is 10.1. The Morgan fingerprint density at radius 2 is 2.25 bits per heavy atom. The summed E-state index contributed by atoms with van der Waals surface area (Å²) in [5.41, 5.74) is 1.99. The van der Waals surface area contributed by atoms with Gasteiger partial charge in [-0.15, -0.1) is 11.8 Å². The van der Waals surface area contributed by atoms with Crippen LogP contribution in [0.25, 0.3) is 0 Å². The number of aryl methyl sites for hydroxylation is 1. The Labute approximate surface area is 99.8 Å². The first-order valence-electron chi connectivity index (χ1n) is 5.10. The smallest absolute Gasteiger partial charge is 0.234 e. The van der Waals surface area contributed by atoms with Crippen molar-refractivity contribution in [1.29, 1.82) is 5.26 Å². The molecule has 84 valence electrons. The SMILES string of the molecule is CCc1ccccc1NC(=O)CSCC#N. The molecular weight excluding hydrogens is 220 g/mol. The van der Waals surface area contributed by atoms with E-state index in [9.17, 15) is 4.79 Å². The van der Waals surface area contributed by atoms with Crippen LogP contribution in [-0.2, 0) is 11.2 Å². The van der Waals surface area contributed by atoms with Gasteiger partial charge in [0.25, 0.3) is 0 Å². The maximum Gasteiger partial charge on any atom is 0.234 e. The Balaban J connectivity index is 2.53. The monoisotopic (exact) mass is 234 g/mol. The van der Waals surface area contributed by atoms with Gasteiger partial charge in [0, 0.05) is 5.69 Å². The van der Waals surface area contributed by atoms with Gasteiger partial charge in [0.05, 0.1) is 17.6 Å². The summed E-state index contributed by atoms with van der Waals surface area (Å²) in [7, 11) is 0. The Morgan fingerprint density at radius 1 is 1.50 bits per heavy atom. The van der Waals surface area contributed by atoms with Crippen LogP contribution in [0.1, 0.15) is 12.5 Å². The second-order valence-corrected chi connectivity index (χ2v) is 4.20. The lowest BCUT2D eigenvalue weighted by molar-refractivity contribution is -0.113. The molecule has 0 atom stereocenters. The van der Waals surface area contributed by atoms with E-state index in [1.807, 2.05) is 30.3 Å². The van der Waals surface area contributed by atoms with Gasteiger partial charge in [-0.2, -0.15) is 5.26 Å². The van der Waals surface area contributed by atoms with E-state index in [0.717, 1.165) is 17.7 Å². The Kier molecular flexibility index (Phi) is 5.44. The third kappa shape index (κ3) is 3.95. The van der Waals surface area contributed by atoms with Crippen molar-refractivity contribution in [2.45, 2.75) is 13.3 Å². The average molecular weight is 234 g/mol. The van der Waals surface area contributed by atoms with Crippen LogP contribution in [0.5, 0.6) is 0 Å². The maximum atomic E-state index is 11.5. The Morgan fingerprint density at radius 3 is 2.94 bits per heavy atom. The molecule has 3 nitrogen and oxygen atoms in total. The van der Waals surface area contributed by atoms with Crippen LogP contribution in [0.4, 0.5) is 5.69 Å². The summed E-state index contributed by atoms with van der Waals surface area (Å²) in [6, 6.07) is 9.74. The van der Waals surface area contributed by atoms with E-state index in [0.29, 0.717) is 11.5 Å². The molecule has 0 aliphatic heterocycles. The minimum absolute atomic E-state index is 0.0545. The number of para-hydroxylation sites is 1. The largest absolute Gasteiger partial charge is 0.325 e. The third-order valence-electron chi connectivity index (χ3n) is 2.07. The van der Waals surface area contributed by atoms with E-state index >= 15 is 0 Å². The summed E-state index contributed by atoms with van der Waals surface area (Å²) in [5, 5.41) is 11.2. The number of nitrogens with one attached hydrogen (secondary N) is 1. The normalized spacial score (nSPS) is 9.50. The van der Waals surface area contributed by atoms with E-state index in [1.54, 1.807) is 0 Å². The predicted molar refractivity (Wildman–Crippen MR) is 67.4 cm³/mol. The zero-order valence-electron chi connectivity index (χ0n) is 9.19. The molecule has 0 aliphatic carbocycles. The molecule has 0 radical (unpaired) electrons. The van der Waals surface area contributed by atoms with Gasteiger partial charge in [-0.3, -0.25) is 4.79 Å². The average Bonchev–Trinajstić information content (AvgIpc) is 2.30. The van der Waals surface area contributed by atoms with Crippen LogP contribution in [0.3, 0.4) is 0 Å². The molecule has 4 heteroatoms. The number of hydrogen-bond donors (Lipinski definition) is 1. The highest BCUT2D eigenvalue weighted by molar-refractivity contribution is 8.00. The molecular formula is C12H14N2OS. The van der Waals surface area contributed by atoms with Crippen molar-refractivity contribution < 1.29 is 4.79 Å². The summed E-state index contributed by atoms with van der Waals surface area (Å²) in [4.78, 5) is 11.5. The highest BCUT2D eigenvalue weighted by Crippen LogP contribution is 2.15. The number of hydrogen-bond acceptors (Lipinski definition) is 3. The molecule has 16 heavy (non-hydrogen) atoms. The fraction of sp³-hybridized carbons (Fsp3) is 0.333. The fourth-order valence-corrected chi connectivity index (χ4v) is 1.78. The number of nitriles is 1. The first kappa shape index (κ1) is 12.6. The van der Waals surface area contributed by atoms with Crippen molar-refractivity contribution in [3.05, 3.63) is 29.8 Å². The number of nitrogens with zero attached hydrogens (tertiary/aromatic N) is 1. The van der Waals surface area contributed by atoms with Gasteiger partial charge in [-0.25, -0.2) is 0 Å². The first-order chi connectivity index (χ1) is 7.77. The van der Waals surface area contributed by atoms with Crippen molar-refractivity contribution in [3.63, 3.8) is 0 Å². The molecule has 0 bridgehead atoms. The van der Waals surface area contributed by atoms with Crippen LogP contribution < -0.4 is 5.32 Å². The molecule has 1 aromatic rings. The second kappa shape index (κ2) is 6.91. The molecule has 0 spiro atoms. The quantitative estimate of drug-likeness (QED) is 0.796.